The van der Waals surface area contributed by atoms with E-state index in [1.165, 1.54) is 9.80 Å². The topological polar surface area (TPSA) is 81.2 Å². The highest BCUT2D eigenvalue weighted by atomic mass is 16.2. The molecule has 2 atom stereocenters. The summed E-state index contributed by atoms with van der Waals surface area (Å²) in [6.07, 6.45) is 0.324. The average molecular weight is 461 g/mol. The van der Waals surface area contributed by atoms with Crippen molar-refractivity contribution in [3.63, 3.8) is 0 Å². The molecule has 8 heteroatoms. The third kappa shape index (κ3) is 3.73. The van der Waals surface area contributed by atoms with Crippen LogP contribution >= 0.6 is 0 Å². The number of amides is 4. The molecule has 4 amide bonds. The number of imide groups is 2. The molecule has 0 aliphatic carbocycles. The summed E-state index contributed by atoms with van der Waals surface area (Å²) < 4.78 is 0. The second kappa shape index (κ2) is 8.77. The van der Waals surface area contributed by atoms with E-state index in [4.69, 9.17) is 0 Å². The molecule has 2 unspecified atom stereocenters. The number of anilines is 2. The molecular formula is C26H28N4O4. The van der Waals surface area contributed by atoms with Crippen LogP contribution in [0.15, 0.2) is 48.5 Å². The zero-order valence-electron chi connectivity index (χ0n) is 19.4. The van der Waals surface area contributed by atoms with E-state index >= 15 is 0 Å². The lowest BCUT2D eigenvalue weighted by atomic mass is 10.1. The second-order valence-corrected chi connectivity index (χ2v) is 9.22. The van der Waals surface area contributed by atoms with Crippen LogP contribution in [0.4, 0.5) is 11.4 Å². The van der Waals surface area contributed by atoms with Gasteiger partial charge in [-0.3, -0.25) is 29.0 Å². The van der Waals surface area contributed by atoms with E-state index in [0.29, 0.717) is 37.6 Å². The van der Waals surface area contributed by atoms with E-state index in [-0.39, 0.29) is 36.5 Å². The molecule has 8 nitrogen and oxygen atoms in total. The van der Waals surface area contributed by atoms with Crippen LogP contribution in [0.3, 0.4) is 0 Å². The van der Waals surface area contributed by atoms with E-state index in [9.17, 15) is 19.2 Å². The summed E-state index contributed by atoms with van der Waals surface area (Å²) in [7, 11) is 0. The monoisotopic (exact) mass is 460 g/mol. The first-order chi connectivity index (χ1) is 16.4. The van der Waals surface area contributed by atoms with Gasteiger partial charge in [0.15, 0.2) is 0 Å². The molecule has 0 saturated carbocycles. The van der Waals surface area contributed by atoms with Gasteiger partial charge in [0.05, 0.1) is 36.3 Å². The van der Waals surface area contributed by atoms with Crippen molar-refractivity contribution in [3.8, 4) is 0 Å². The maximum absolute atomic E-state index is 13.2. The Hall–Kier alpha value is -3.36. The van der Waals surface area contributed by atoms with Crippen LogP contribution in [0.25, 0.3) is 0 Å². The Morgan fingerprint density at radius 2 is 0.941 bits per heavy atom. The molecule has 3 heterocycles. The molecule has 3 fully saturated rings. The van der Waals surface area contributed by atoms with Crippen LogP contribution in [0.1, 0.15) is 24.0 Å². The fourth-order valence-corrected chi connectivity index (χ4v) is 5.30. The largest absolute Gasteiger partial charge is 0.289 e. The molecule has 2 aromatic rings. The fourth-order valence-electron chi connectivity index (χ4n) is 5.30. The minimum Gasteiger partial charge on any atom is -0.289 e. The molecule has 3 aliphatic heterocycles. The minimum atomic E-state index is -0.487. The molecule has 3 aliphatic rings. The second-order valence-electron chi connectivity index (χ2n) is 9.22. The molecule has 0 N–H and O–H groups in total. The smallest absolute Gasteiger partial charge is 0.251 e. The lowest BCUT2D eigenvalue weighted by Gasteiger charge is -2.38. The van der Waals surface area contributed by atoms with Crippen molar-refractivity contribution in [2.24, 2.45) is 0 Å². The van der Waals surface area contributed by atoms with Gasteiger partial charge in [-0.05, 0) is 37.1 Å². The first-order valence-corrected chi connectivity index (χ1v) is 11.7. The zero-order chi connectivity index (χ0) is 24.0. The van der Waals surface area contributed by atoms with Gasteiger partial charge in [0, 0.05) is 26.2 Å². The van der Waals surface area contributed by atoms with Crippen molar-refractivity contribution in [3.05, 3.63) is 59.7 Å². The molecule has 0 aromatic heterocycles. The van der Waals surface area contributed by atoms with Crippen LogP contribution in [-0.4, -0.2) is 71.7 Å². The van der Waals surface area contributed by atoms with E-state index in [2.05, 4.69) is 0 Å². The van der Waals surface area contributed by atoms with Gasteiger partial charge in [-0.1, -0.05) is 36.4 Å². The summed E-state index contributed by atoms with van der Waals surface area (Å²) in [6.45, 7) is 6.03. The summed E-state index contributed by atoms with van der Waals surface area (Å²) in [5.41, 5.74) is 3.06. The van der Waals surface area contributed by atoms with Gasteiger partial charge in [0.1, 0.15) is 0 Å². The van der Waals surface area contributed by atoms with Gasteiger partial charge in [-0.25, -0.2) is 9.80 Å². The lowest BCUT2D eigenvalue weighted by Crippen LogP contribution is -2.56. The number of carbonyl (C=O) groups excluding carboxylic acids is 4. The van der Waals surface area contributed by atoms with Crippen LogP contribution in [-0.2, 0) is 19.2 Å². The van der Waals surface area contributed by atoms with Gasteiger partial charge in [0.25, 0.3) is 11.8 Å². The first-order valence-electron chi connectivity index (χ1n) is 11.7. The molecule has 5 rings (SSSR count). The summed E-state index contributed by atoms with van der Waals surface area (Å²) in [4.78, 5) is 58.5. The molecule has 176 valence electrons. The average Bonchev–Trinajstić information content (AvgIpc) is 3.29. The Balaban J connectivity index is 1.25. The number of hydrogen-bond donors (Lipinski definition) is 0. The predicted octanol–water partition coefficient (Wildman–Crippen LogP) is 1.89. The Morgan fingerprint density at radius 1 is 0.588 bits per heavy atom. The van der Waals surface area contributed by atoms with Gasteiger partial charge in [-0.2, -0.15) is 0 Å². The number of para-hydroxylation sites is 2. The van der Waals surface area contributed by atoms with Gasteiger partial charge < -0.3 is 0 Å². The summed E-state index contributed by atoms with van der Waals surface area (Å²) in [5, 5.41) is 0. The standard InChI is InChI=1S/C26H28N4O4/c1-17-7-3-5-9-19(17)29-23(31)15-21(25(29)33)27-11-13-28(14-12-27)22-16-24(32)30(26(22)34)20-10-6-4-8-18(20)2/h3-10,21-22H,11-16H2,1-2H3. The quantitative estimate of drug-likeness (QED) is 0.649. The van der Waals surface area contributed by atoms with E-state index < -0.39 is 12.1 Å². The van der Waals surface area contributed by atoms with Crippen LogP contribution in [0, 0.1) is 13.8 Å². The highest BCUT2D eigenvalue weighted by Crippen LogP contribution is 2.31. The van der Waals surface area contributed by atoms with Gasteiger partial charge in [0.2, 0.25) is 11.8 Å². The third-order valence-electron chi connectivity index (χ3n) is 7.19. The normalized spacial score (nSPS) is 24.5. The third-order valence-corrected chi connectivity index (χ3v) is 7.19. The van der Waals surface area contributed by atoms with E-state index in [1.54, 1.807) is 12.1 Å². The Labute approximate surface area is 198 Å². The molecule has 0 spiro atoms. The molecule has 34 heavy (non-hydrogen) atoms. The molecule has 0 radical (unpaired) electrons. The van der Waals surface area contributed by atoms with Crippen molar-refractivity contribution < 1.29 is 19.2 Å². The van der Waals surface area contributed by atoms with Crippen LogP contribution in [0.5, 0.6) is 0 Å². The Kier molecular flexibility index (Phi) is 5.79. The Morgan fingerprint density at radius 3 is 1.29 bits per heavy atom. The molecule has 3 saturated heterocycles. The highest BCUT2D eigenvalue weighted by molar-refractivity contribution is 6.23. The molecule has 2 aromatic carbocycles. The molecule has 0 bridgehead atoms. The predicted molar refractivity (Wildman–Crippen MR) is 127 cm³/mol. The first kappa shape index (κ1) is 22.4. The van der Waals surface area contributed by atoms with Crippen molar-refractivity contribution >= 4 is 35.0 Å². The summed E-state index contributed by atoms with van der Waals surface area (Å²) in [6, 6.07) is 13.8. The SMILES string of the molecule is Cc1ccccc1N1C(=O)CC(N2CCN(C3CC(=O)N(c4ccccc4C)C3=O)CC2)C1=O. The zero-order valence-corrected chi connectivity index (χ0v) is 19.4. The lowest BCUT2D eigenvalue weighted by molar-refractivity contribution is -0.126. The maximum Gasteiger partial charge on any atom is 0.251 e. The van der Waals surface area contributed by atoms with Crippen molar-refractivity contribution in [1.29, 1.82) is 0 Å². The number of piperazine rings is 1. The number of hydrogen-bond acceptors (Lipinski definition) is 6. The fraction of sp³-hybridized carbons (Fsp3) is 0.385. The number of aryl methyl sites for hydroxylation is 2. The number of carbonyl (C=O) groups is 4. The van der Waals surface area contributed by atoms with Crippen molar-refractivity contribution in [2.75, 3.05) is 36.0 Å². The number of nitrogens with zero attached hydrogens (tertiary/aromatic N) is 4. The molecular weight excluding hydrogens is 432 g/mol. The van der Waals surface area contributed by atoms with E-state index in [1.807, 2.05) is 60.0 Å². The van der Waals surface area contributed by atoms with E-state index in [0.717, 1.165) is 11.1 Å². The van der Waals surface area contributed by atoms with Gasteiger partial charge in [-0.15, -0.1) is 0 Å². The highest BCUT2D eigenvalue weighted by Gasteiger charge is 2.47. The van der Waals surface area contributed by atoms with Crippen LogP contribution in [0.2, 0.25) is 0 Å². The number of benzene rings is 2. The summed E-state index contributed by atoms with van der Waals surface area (Å²) >= 11 is 0. The van der Waals surface area contributed by atoms with Crippen LogP contribution < -0.4 is 9.80 Å². The summed E-state index contributed by atoms with van der Waals surface area (Å²) in [5.74, 6) is -0.745. The van der Waals surface area contributed by atoms with Crippen molar-refractivity contribution in [1.82, 2.24) is 9.80 Å². The minimum absolute atomic E-state index is 0.162. The number of rotatable bonds is 4. The van der Waals surface area contributed by atoms with Gasteiger partial charge >= 0.3 is 0 Å². The van der Waals surface area contributed by atoms with Crippen molar-refractivity contribution in [2.45, 2.75) is 38.8 Å². The Bertz CT molecular complexity index is 1080. The maximum atomic E-state index is 13.2.